The number of aryl methyl sites for hydroxylation is 1. The van der Waals surface area contributed by atoms with Crippen molar-refractivity contribution >= 4 is 5.78 Å². The van der Waals surface area contributed by atoms with Crippen LogP contribution < -0.4 is 5.56 Å². The molecule has 4 rings (SSSR count). The molecule has 148 valence electrons. The van der Waals surface area contributed by atoms with E-state index in [0.717, 1.165) is 48.9 Å². The third kappa shape index (κ3) is 3.96. The molecule has 1 aromatic carbocycles. The SMILES string of the molecule is CC(C)c1ccc(C(=O)CC2CCc3nn(C4CCCC4)c(=O)cc3C2)cc1. The Hall–Kier alpha value is -2.23. The van der Waals surface area contributed by atoms with E-state index in [0.29, 0.717) is 18.3 Å². The maximum atomic E-state index is 12.7. The highest BCUT2D eigenvalue weighted by molar-refractivity contribution is 5.96. The number of ketones is 1. The average molecular weight is 379 g/mol. The molecular weight excluding hydrogens is 348 g/mol. The van der Waals surface area contributed by atoms with E-state index in [1.807, 2.05) is 12.1 Å². The standard InChI is InChI=1S/C24H30N2O2/c1-16(2)18-8-10-19(11-9-18)23(27)14-17-7-12-22-20(13-17)15-24(28)26(25-22)21-5-3-4-6-21/h8-11,15-17,21H,3-7,12-14H2,1-2H3. The Labute approximate surface area is 167 Å². The third-order valence-corrected chi connectivity index (χ3v) is 6.46. The minimum atomic E-state index is 0.0295. The molecule has 1 aromatic heterocycles. The zero-order valence-corrected chi connectivity index (χ0v) is 17.0. The monoisotopic (exact) mass is 378 g/mol. The fourth-order valence-electron chi connectivity index (χ4n) is 4.70. The van der Waals surface area contributed by atoms with Crippen molar-refractivity contribution in [3.05, 3.63) is 63.1 Å². The van der Waals surface area contributed by atoms with Crippen molar-refractivity contribution < 1.29 is 4.79 Å². The first kappa shape index (κ1) is 19.1. The first-order valence-corrected chi connectivity index (χ1v) is 10.8. The number of fused-ring (bicyclic) bond motifs is 1. The molecule has 0 amide bonds. The maximum Gasteiger partial charge on any atom is 0.267 e. The molecule has 0 spiro atoms. The van der Waals surface area contributed by atoms with E-state index in [4.69, 9.17) is 5.10 Å². The van der Waals surface area contributed by atoms with Crippen molar-refractivity contribution in [1.29, 1.82) is 0 Å². The van der Waals surface area contributed by atoms with Gasteiger partial charge in [0, 0.05) is 18.1 Å². The number of benzene rings is 1. The largest absolute Gasteiger partial charge is 0.294 e. The van der Waals surface area contributed by atoms with Gasteiger partial charge in [-0.1, -0.05) is 51.0 Å². The van der Waals surface area contributed by atoms with Crippen molar-refractivity contribution in [3.8, 4) is 0 Å². The third-order valence-electron chi connectivity index (χ3n) is 6.46. The molecule has 0 saturated heterocycles. The van der Waals surface area contributed by atoms with Gasteiger partial charge in [-0.15, -0.1) is 0 Å². The summed E-state index contributed by atoms with van der Waals surface area (Å²) in [5.41, 5.74) is 4.20. The van der Waals surface area contributed by atoms with Crippen LogP contribution in [0.25, 0.3) is 0 Å². The van der Waals surface area contributed by atoms with Crippen LogP contribution in [0.3, 0.4) is 0 Å². The van der Waals surface area contributed by atoms with E-state index in [-0.39, 0.29) is 17.4 Å². The highest BCUT2D eigenvalue weighted by atomic mass is 16.1. The zero-order chi connectivity index (χ0) is 19.7. The molecule has 1 fully saturated rings. The maximum absolute atomic E-state index is 12.7. The minimum absolute atomic E-state index is 0.0295. The van der Waals surface area contributed by atoms with E-state index in [2.05, 4.69) is 26.0 Å². The number of nitrogens with zero attached hydrogens (tertiary/aromatic N) is 2. The molecule has 4 nitrogen and oxygen atoms in total. The summed E-state index contributed by atoms with van der Waals surface area (Å²) in [6, 6.07) is 10.1. The fraction of sp³-hybridized carbons (Fsp3) is 0.542. The lowest BCUT2D eigenvalue weighted by Crippen LogP contribution is -2.30. The summed E-state index contributed by atoms with van der Waals surface area (Å²) in [6.07, 6.45) is 7.70. The second-order valence-electron chi connectivity index (χ2n) is 8.85. The summed E-state index contributed by atoms with van der Waals surface area (Å²) in [5, 5.41) is 4.71. The number of carbonyl (C=O) groups is 1. The van der Waals surface area contributed by atoms with Crippen molar-refractivity contribution in [2.24, 2.45) is 5.92 Å². The van der Waals surface area contributed by atoms with Crippen LogP contribution in [-0.4, -0.2) is 15.6 Å². The topological polar surface area (TPSA) is 52.0 Å². The number of carbonyl (C=O) groups excluding carboxylic acids is 1. The fourth-order valence-corrected chi connectivity index (χ4v) is 4.70. The lowest BCUT2D eigenvalue weighted by molar-refractivity contribution is 0.0957. The van der Waals surface area contributed by atoms with Crippen molar-refractivity contribution in [1.82, 2.24) is 9.78 Å². The molecule has 0 radical (unpaired) electrons. The molecule has 2 aromatic rings. The van der Waals surface area contributed by atoms with E-state index in [1.54, 1.807) is 10.7 Å². The Kier molecular flexibility index (Phi) is 5.47. The van der Waals surface area contributed by atoms with Crippen molar-refractivity contribution in [2.75, 3.05) is 0 Å². The van der Waals surface area contributed by atoms with E-state index >= 15 is 0 Å². The van der Waals surface area contributed by atoms with Crippen LogP contribution in [0.2, 0.25) is 0 Å². The molecule has 0 bridgehead atoms. The Balaban J connectivity index is 1.44. The van der Waals surface area contributed by atoms with Crippen LogP contribution in [0.15, 0.2) is 35.1 Å². The highest BCUT2D eigenvalue weighted by Crippen LogP contribution is 2.30. The van der Waals surface area contributed by atoms with E-state index < -0.39 is 0 Å². The van der Waals surface area contributed by atoms with Gasteiger partial charge in [0.25, 0.3) is 5.56 Å². The van der Waals surface area contributed by atoms with Crippen LogP contribution in [0.5, 0.6) is 0 Å². The summed E-state index contributed by atoms with van der Waals surface area (Å²) in [5.74, 6) is 0.976. The molecule has 28 heavy (non-hydrogen) atoms. The van der Waals surface area contributed by atoms with Gasteiger partial charge < -0.3 is 0 Å². The Morgan fingerprint density at radius 1 is 1.14 bits per heavy atom. The second kappa shape index (κ2) is 8.02. The van der Waals surface area contributed by atoms with E-state index in [9.17, 15) is 9.59 Å². The molecule has 2 aliphatic rings. The molecule has 0 N–H and O–H groups in total. The van der Waals surface area contributed by atoms with Gasteiger partial charge in [-0.25, -0.2) is 4.68 Å². The van der Waals surface area contributed by atoms with Gasteiger partial charge in [0.2, 0.25) is 0 Å². The number of hydrogen-bond donors (Lipinski definition) is 0. The predicted molar refractivity (Wildman–Crippen MR) is 111 cm³/mol. The van der Waals surface area contributed by atoms with Crippen LogP contribution in [0.4, 0.5) is 0 Å². The van der Waals surface area contributed by atoms with Crippen LogP contribution in [-0.2, 0) is 12.8 Å². The van der Waals surface area contributed by atoms with Gasteiger partial charge >= 0.3 is 0 Å². The van der Waals surface area contributed by atoms with Crippen molar-refractivity contribution in [2.45, 2.75) is 77.2 Å². The zero-order valence-electron chi connectivity index (χ0n) is 17.0. The predicted octanol–water partition coefficient (Wildman–Crippen LogP) is 4.86. The number of aromatic nitrogens is 2. The summed E-state index contributed by atoms with van der Waals surface area (Å²) in [4.78, 5) is 25.3. The molecule has 4 heteroatoms. The van der Waals surface area contributed by atoms with Crippen LogP contribution >= 0.6 is 0 Å². The van der Waals surface area contributed by atoms with Crippen molar-refractivity contribution in [3.63, 3.8) is 0 Å². The van der Waals surface area contributed by atoms with Gasteiger partial charge in [-0.05, 0) is 55.1 Å². The summed E-state index contributed by atoms with van der Waals surface area (Å²) < 4.78 is 1.73. The summed E-state index contributed by atoms with van der Waals surface area (Å²) in [7, 11) is 0. The quantitative estimate of drug-likeness (QED) is 0.698. The Morgan fingerprint density at radius 3 is 2.54 bits per heavy atom. The average Bonchev–Trinajstić information content (AvgIpc) is 3.22. The van der Waals surface area contributed by atoms with Crippen LogP contribution in [0, 0.1) is 5.92 Å². The highest BCUT2D eigenvalue weighted by Gasteiger charge is 2.26. The van der Waals surface area contributed by atoms with Gasteiger partial charge in [0.1, 0.15) is 0 Å². The second-order valence-corrected chi connectivity index (χ2v) is 8.85. The molecule has 0 aliphatic heterocycles. The number of hydrogen-bond acceptors (Lipinski definition) is 3. The van der Waals surface area contributed by atoms with Crippen LogP contribution in [0.1, 0.15) is 91.5 Å². The van der Waals surface area contributed by atoms with Gasteiger partial charge in [-0.2, -0.15) is 5.10 Å². The first-order valence-electron chi connectivity index (χ1n) is 10.8. The molecule has 2 aliphatic carbocycles. The normalized spacial score (nSPS) is 19.8. The minimum Gasteiger partial charge on any atom is -0.294 e. The van der Waals surface area contributed by atoms with E-state index in [1.165, 1.54) is 18.4 Å². The molecular formula is C24H30N2O2. The Morgan fingerprint density at radius 2 is 1.86 bits per heavy atom. The number of Topliss-reactive ketones (excluding diaryl/α,β-unsaturated/α-hetero) is 1. The molecule has 1 unspecified atom stereocenters. The number of rotatable bonds is 5. The molecule has 1 saturated carbocycles. The smallest absolute Gasteiger partial charge is 0.267 e. The lowest BCUT2D eigenvalue weighted by Gasteiger charge is -2.24. The molecule has 1 atom stereocenters. The van der Waals surface area contributed by atoms with Gasteiger partial charge in [0.05, 0.1) is 11.7 Å². The summed E-state index contributed by atoms with van der Waals surface area (Å²) >= 11 is 0. The summed E-state index contributed by atoms with van der Waals surface area (Å²) in [6.45, 7) is 4.32. The first-order chi connectivity index (χ1) is 13.5. The van der Waals surface area contributed by atoms with Gasteiger partial charge in [-0.3, -0.25) is 9.59 Å². The molecule has 1 heterocycles. The van der Waals surface area contributed by atoms with Gasteiger partial charge in [0.15, 0.2) is 5.78 Å². The Bertz CT molecular complexity index is 905. The lowest BCUT2D eigenvalue weighted by atomic mass is 9.83.